The fourth-order valence-electron chi connectivity index (χ4n) is 1.48. The van der Waals surface area contributed by atoms with Gasteiger partial charge >= 0.3 is 0 Å². The summed E-state index contributed by atoms with van der Waals surface area (Å²) in [4.78, 5) is 11.7. The third kappa shape index (κ3) is 5.16. The molecule has 1 rings (SSSR count). The van der Waals surface area contributed by atoms with Crippen molar-refractivity contribution in [2.24, 2.45) is 0 Å². The van der Waals surface area contributed by atoms with Crippen LogP contribution in [0, 0.1) is 0 Å². The Balaban J connectivity index is 2.50. The normalized spacial score (nSPS) is 10.4. The summed E-state index contributed by atoms with van der Waals surface area (Å²) in [6.45, 7) is 1.02. The molecule has 0 radical (unpaired) electrons. The molecule has 1 aromatic carbocycles. The first-order valence-corrected chi connectivity index (χ1v) is 6.37. The molecule has 0 saturated carbocycles. The molecular weight excluding hydrogens is 300 g/mol. The van der Waals surface area contributed by atoms with E-state index in [-0.39, 0.29) is 12.4 Å². The van der Waals surface area contributed by atoms with Gasteiger partial charge in [-0.2, -0.15) is 0 Å². The van der Waals surface area contributed by atoms with E-state index in [0.29, 0.717) is 25.4 Å². The van der Waals surface area contributed by atoms with E-state index < -0.39 is 0 Å². The molecule has 0 saturated heterocycles. The first-order chi connectivity index (χ1) is 8.67. The van der Waals surface area contributed by atoms with E-state index in [4.69, 9.17) is 14.2 Å². The van der Waals surface area contributed by atoms with Gasteiger partial charge in [-0.05, 0) is 18.2 Å². The number of ketones is 1. The third-order valence-corrected chi connectivity index (χ3v) is 2.82. The van der Waals surface area contributed by atoms with Crippen LogP contribution >= 0.6 is 15.9 Å². The van der Waals surface area contributed by atoms with Crippen LogP contribution in [0.15, 0.2) is 22.7 Å². The lowest BCUT2D eigenvalue weighted by molar-refractivity contribution is -0.123. The van der Waals surface area contributed by atoms with Gasteiger partial charge < -0.3 is 14.2 Å². The molecule has 0 N–H and O–H groups in total. The third-order valence-electron chi connectivity index (χ3n) is 2.32. The van der Waals surface area contributed by atoms with Gasteiger partial charge in [0, 0.05) is 23.6 Å². The van der Waals surface area contributed by atoms with Gasteiger partial charge in [0.2, 0.25) is 0 Å². The second-order valence-electron chi connectivity index (χ2n) is 3.72. The number of ether oxygens (including phenoxy) is 3. The second kappa shape index (κ2) is 8.24. The van der Waals surface area contributed by atoms with Crippen LogP contribution in [0.3, 0.4) is 0 Å². The Morgan fingerprint density at radius 2 is 2.06 bits per heavy atom. The summed E-state index contributed by atoms with van der Waals surface area (Å²) in [6.07, 6.45) is 0.301. The summed E-state index contributed by atoms with van der Waals surface area (Å²) < 4.78 is 16.1. The Bertz CT molecular complexity index is 393. The van der Waals surface area contributed by atoms with Crippen LogP contribution < -0.4 is 4.74 Å². The molecule has 100 valence electrons. The summed E-state index contributed by atoms with van der Waals surface area (Å²) >= 11 is 3.37. The highest BCUT2D eigenvalue weighted by Crippen LogP contribution is 2.23. The number of halogens is 1. The van der Waals surface area contributed by atoms with Crippen molar-refractivity contribution in [1.29, 1.82) is 0 Å². The lowest BCUT2D eigenvalue weighted by Crippen LogP contribution is -2.14. The monoisotopic (exact) mass is 316 g/mol. The highest BCUT2D eigenvalue weighted by atomic mass is 79.9. The molecule has 0 aromatic heterocycles. The van der Waals surface area contributed by atoms with Crippen molar-refractivity contribution in [3.05, 3.63) is 28.2 Å². The average molecular weight is 317 g/mol. The van der Waals surface area contributed by atoms with Crippen LogP contribution in [0.4, 0.5) is 0 Å². The number of hydrogen-bond acceptors (Lipinski definition) is 4. The maximum Gasteiger partial charge on any atom is 0.162 e. The van der Waals surface area contributed by atoms with Gasteiger partial charge in [-0.25, -0.2) is 0 Å². The number of carbonyl (C=O) groups excluding carboxylic acids is 1. The smallest absolute Gasteiger partial charge is 0.162 e. The molecule has 0 atom stereocenters. The second-order valence-corrected chi connectivity index (χ2v) is 4.63. The minimum Gasteiger partial charge on any atom is -0.496 e. The lowest BCUT2D eigenvalue weighted by Gasteiger charge is -2.08. The average Bonchev–Trinajstić information content (AvgIpc) is 2.35. The summed E-state index contributed by atoms with van der Waals surface area (Å²) in [5.74, 6) is 0.728. The van der Waals surface area contributed by atoms with Crippen molar-refractivity contribution in [1.82, 2.24) is 0 Å². The topological polar surface area (TPSA) is 44.8 Å². The first kappa shape index (κ1) is 15.1. The maximum absolute atomic E-state index is 11.7. The highest BCUT2D eigenvalue weighted by Gasteiger charge is 2.09. The van der Waals surface area contributed by atoms with Gasteiger partial charge in [0.25, 0.3) is 0 Å². The zero-order chi connectivity index (χ0) is 13.4. The van der Waals surface area contributed by atoms with Crippen LogP contribution in [-0.2, 0) is 20.7 Å². The lowest BCUT2D eigenvalue weighted by atomic mass is 10.1. The molecule has 0 aliphatic heterocycles. The van der Waals surface area contributed by atoms with Crippen molar-refractivity contribution in [2.45, 2.75) is 6.42 Å². The molecule has 5 heteroatoms. The van der Waals surface area contributed by atoms with Gasteiger partial charge in [-0.3, -0.25) is 4.79 Å². The van der Waals surface area contributed by atoms with Crippen molar-refractivity contribution in [3.63, 3.8) is 0 Å². The minimum absolute atomic E-state index is 0.0162. The number of hydrogen-bond donors (Lipinski definition) is 0. The SMILES string of the molecule is COCCOCC(=O)Cc1cc(Br)ccc1OC. The van der Waals surface area contributed by atoms with E-state index in [1.165, 1.54) is 0 Å². The van der Waals surface area contributed by atoms with Gasteiger partial charge in [-0.1, -0.05) is 15.9 Å². The summed E-state index contributed by atoms with van der Waals surface area (Å²) in [7, 11) is 3.18. The largest absolute Gasteiger partial charge is 0.496 e. The van der Waals surface area contributed by atoms with Gasteiger partial charge in [0.05, 0.1) is 20.3 Å². The highest BCUT2D eigenvalue weighted by molar-refractivity contribution is 9.10. The molecule has 0 spiro atoms. The summed E-state index contributed by atoms with van der Waals surface area (Å²) in [5.41, 5.74) is 0.854. The van der Waals surface area contributed by atoms with Crippen LogP contribution in [0.1, 0.15) is 5.56 Å². The number of carbonyl (C=O) groups is 1. The molecule has 4 nitrogen and oxygen atoms in total. The van der Waals surface area contributed by atoms with E-state index in [1.54, 1.807) is 14.2 Å². The first-order valence-electron chi connectivity index (χ1n) is 5.58. The van der Waals surface area contributed by atoms with Gasteiger partial charge in [0.1, 0.15) is 12.4 Å². The van der Waals surface area contributed by atoms with E-state index >= 15 is 0 Å². The van der Waals surface area contributed by atoms with Crippen LogP contribution in [0.5, 0.6) is 5.75 Å². The predicted molar refractivity (Wildman–Crippen MR) is 72.1 cm³/mol. The Hall–Kier alpha value is -0.910. The Morgan fingerprint density at radius 3 is 2.72 bits per heavy atom. The minimum atomic E-state index is 0.0162. The predicted octanol–water partition coefficient (Wildman–Crippen LogP) is 2.23. The molecule has 18 heavy (non-hydrogen) atoms. The van der Waals surface area contributed by atoms with Crippen molar-refractivity contribution >= 4 is 21.7 Å². The number of methoxy groups -OCH3 is 2. The molecule has 0 fully saturated rings. The van der Waals surface area contributed by atoms with Crippen molar-refractivity contribution in [3.8, 4) is 5.75 Å². The Labute approximate surface area is 115 Å². The molecule has 0 aliphatic rings. The van der Waals surface area contributed by atoms with E-state index in [0.717, 1.165) is 10.0 Å². The molecule has 0 bridgehead atoms. The van der Waals surface area contributed by atoms with Crippen LogP contribution in [-0.4, -0.2) is 39.8 Å². The fraction of sp³-hybridized carbons (Fsp3) is 0.462. The number of rotatable bonds is 8. The molecule has 1 aromatic rings. The molecular formula is C13H17BrO4. The van der Waals surface area contributed by atoms with E-state index in [9.17, 15) is 4.79 Å². The standard InChI is InChI=1S/C13H17BrO4/c1-16-5-6-18-9-12(15)8-10-7-11(14)3-4-13(10)17-2/h3-4,7H,5-6,8-9H2,1-2H3. The molecule has 0 heterocycles. The number of benzene rings is 1. The van der Waals surface area contributed by atoms with Crippen molar-refractivity contribution < 1.29 is 19.0 Å². The van der Waals surface area contributed by atoms with Gasteiger partial charge in [-0.15, -0.1) is 0 Å². The summed E-state index contributed by atoms with van der Waals surface area (Å²) in [6, 6.07) is 5.59. The fourth-order valence-corrected chi connectivity index (χ4v) is 1.89. The zero-order valence-corrected chi connectivity index (χ0v) is 12.2. The molecule has 0 amide bonds. The maximum atomic E-state index is 11.7. The van der Waals surface area contributed by atoms with Gasteiger partial charge in [0.15, 0.2) is 5.78 Å². The van der Waals surface area contributed by atoms with E-state index in [2.05, 4.69) is 15.9 Å². The van der Waals surface area contributed by atoms with E-state index in [1.807, 2.05) is 18.2 Å². The van der Waals surface area contributed by atoms with Crippen molar-refractivity contribution in [2.75, 3.05) is 34.0 Å². The molecule has 0 unspecified atom stereocenters. The Morgan fingerprint density at radius 1 is 1.28 bits per heavy atom. The zero-order valence-electron chi connectivity index (χ0n) is 10.6. The number of Topliss-reactive ketones (excluding diaryl/α,β-unsaturated/α-hetero) is 1. The van der Waals surface area contributed by atoms with Crippen LogP contribution in [0.25, 0.3) is 0 Å². The summed E-state index contributed by atoms with van der Waals surface area (Å²) in [5, 5.41) is 0. The molecule has 0 aliphatic carbocycles. The quantitative estimate of drug-likeness (QED) is 0.690. The van der Waals surface area contributed by atoms with Crippen LogP contribution in [0.2, 0.25) is 0 Å². The Kier molecular flexibility index (Phi) is 6.93.